The third-order valence-electron chi connectivity index (χ3n) is 5.73. The fourth-order valence-corrected chi connectivity index (χ4v) is 4.66. The summed E-state index contributed by atoms with van der Waals surface area (Å²) >= 11 is 12.3. The number of nitrogens with zero attached hydrogens (tertiary/aromatic N) is 2. The molecule has 0 radical (unpaired) electrons. The van der Waals surface area contributed by atoms with Crippen molar-refractivity contribution in [3.05, 3.63) is 99.2 Å². The van der Waals surface area contributed by atoms with Gasteiger partial charge in [-0.3, -0.25) is 4.79 Å². The van der Waals surface area contributed by atoms with Gasteiger partial charge in [0.1, 0.15) is 5.82 Å². The largest absolute Gasteiger partial charge is 0.383 e. The van der Waals surface area contributed by atoms with Gasteiger partial charge in [0.15, 0.2) is 0 Å². The van der Waals surface area contributed by atoms with Crippen molar-refractivity contribution in [2.24, 2.45) is 0 Å². The number of carbonyl (C=O) groups excluding carboxylic acids is 1. The number of amides is 1. The highest BCUT2D eigenvalue weighted by molar-refractivity contribution is 7.86. The lowest BCUT2D eigenvalue weighted by Crippen LogP contribution is -2.22. The molecule has 0 bridgehead atoms. The molecule has 1 heterocycles. The SMILES string of the molecule is Nc1nc(N)c(-c2ccc(Cl)c(Cl)c2)c(CCc2cccc(CNC(=O)c3ccc(S(=O)(=O)F)cc3)c2)n1. The summed E-state index contributed by atoms with van der Waals surface area (Å²) in [5.41, 5.74) is 16.1. The summed E-state index contributed by atoms with van der Waals surface area (Å²) in [5, 5.41) is 3.57. The Morgan fingerprint density at radius 1 is 0.895 bits per heavy atom. The van der Waals surface area contributed by atoms with Gasteiger partial charge in [-0.1, -0.05) is 53.5 Å². The van der Waals surface area contributed by atoms with Crippen molar-refractivity contribution in [3.63, 3.8) is 0 Å². The van der Waals surface area contributed by atoms with Crippen LogP contribution in [0.3, 0.4) is 0 Å². The van der Waals surface area contributed by atoms with Crippen LogP contribution in [-0.4, -0.2) is 24.3 Å². The van der Waals surface area contributed by atoms with E-state index < -0.39 is 21.0 Å². The van der Waals surface area contributed by atoms with Crippen molar-refractivity contribution in [2.75, 3.05) is 11.5 Å². The van der Waals surface area contributed by atoms with E-state index in [9.17, 15) is 17.1 Å². The Morgan fingerprint density at radius 2 is 1.61 bits per heavy atom. The van der Waals surface area contributed by atoms with Crippen molar-refractivity contribution in [1.82, 2.24) is 15.3 Å². The van der Waals surface area contributed by atoms with Crippen LogP contribution in [0, 0.1) is 0 Å². The van der Waals surface area contributed by atoms with Crippen LogP contribution in [-0.2, 0) is 29.6 Å². The Labute approximate surface area is 229 Å². The fourth-order valence-electron chi connectivity index (χ4n) is 3.90. The monoisotopic (exact) mass is 573 g/mol. The summed E-state index contributed by atoms with van der Waals surface area (Å²) in [6, 6.07) is 17.4. The maximum absolute atomic E-state index is 13.1. The molecule has 4 rings (SSSR count). The first kappa shape index (κ1) is 27.3. The zero-order valence-electron chi connectivity index (χ0n) is 19.8. The quantitative estimate of drug-likeness (QED) is 0.252. The lowest BCUT2D eigenvalue weighted by molar-refractivity contribution is 0.0950. The molecular weight excluding hydrogens is 552 g/mol. The van der Waals surface area contributed by atoms with Crippen LogP contribution < -0.4 is 16.8 Å². The molecule has 0 unspecified atom stereocenters. The summed E-state index contributed by atoms with van der Waals surface area (Å²) < 4.78 is 35.0. The molecule has 0 spiro atoms. The molecule has 4 aromatic rings. The van der Waals surface area contributed by atoms with Crippen LogP contribution in [0.1, 0.15) is 27.2 Å². The molecule has 196 valence electrons. The van der Waals surface area contributed by atoms with Gasteiger partial charge < -0.3 is 16.8 Å². The number of benzene rings is 3. The molecule has 3 aromatic carbocycles. The van der Waals surface area contributed by atoms with Crippen molar-refractivity contribution in [1.29, 1.82) is 0 Å². The lowest BCUT2D eigenvalue weighted by Gasteiger charge is -2.13. The standard InChI is InChI=1S/C26H22Cl2FN5O3S/c27-20-10-7-18(13-21(20)28)23-22(33-26(31)34-24(23)30)11-4-15-2-1-3-16(12-15)14-32-25(35)17-5-8-19(9-6-17)38(29,36)37/h1-3,5-10,12-13H,4,11,14H2,(H,32,35)(H4,30,31,33,34). The number of halogens is 3. The molecule has 0 aliphatic heterocycles. The van der Waals surface area contributed by atoms with E-state index in [4.69, 9.17) is 34.7 Å². The zero-order chi connectivity index (χ0) is 27.4. The van der Waals surface area contributed by atoms with Gasteiger partial charge in [0.05, 0.1) is 20.6 Å². The molecule has 8 nitrogen and oxygen atoms in total. The first-order chi connectivity index (χ1) is 18.0. The number of nitrogens with one attached hydrogen (secondary N) is 1. The minimum Gasteiger partial charge on any atom is -0.383 e. The van der Waals surface area contributed by atoms with Gasteiger partial charge >= 0.3 is 10.2 Å². The van der Waals surface area contributed by atoms with Crippen LogP contribution in [0.25, 0.3) is 11.1 Å². The molecule has 0 fully saturated rings. The third kappa shape index (κ3) is 6.58. The summed E-state index contributed by atoms with van der Waals surface area (Å²) in [6.07, 6.45) is 1.11. The first-order valence-electron chi connectivity index (χ1n) is 11.3. The van der Waals surface area contributed by atoms with Gasteiger partial charge in [-0.25, -0.2) is 4.98 Å². The Kier molecular flexibility index (Phi) is 8.15. The Hall–Kier alpha value is -3.73. The van der Waals surface area contributed by atoms with E-state index >= 15 is 0 Å². The number of hydrogen-bond donors (Lipinski definition) is 3. The number of hydrogen-bond acceptors (Lipinski definition) is 7. The van der Waals surface area contributed by atoms with E-state index in [0.717, 1.165) is 28.8 Å². The average molecular weight is 574 g/mol. The molecule has 5 N–H and O–H groups in total. The molecule has 38 heavy (non-hydrogen) atoms. The van der Waals surface area contributed by atoms with Gasteiger partial charge in [0.2, 0.25) is 5.95 Å². The smallest absolute Gasteiger partial charge is 0.332 e. The molecule has 0 aliphatic carbocycles. The number of aromatic nitrogens is 2. The van der Waals surface area contributed by atoms with E-state index in [2.05, 4.69) is 15.3 Å². The molecule has 12 heteroatoms. The summed E-state index contributed by atoms with van der Waals surface area (Å²) in [7, 11) is -4.82. The molecule has 0 atom stereocenters. The average Bonchev–Trinajstić information content (AvgIpc) is 2.87. The van der Waals surface area contributed by atoms with Crippen LogP contribution >= 0.6 is 23.2 Å². The molecule has 1 aromatic heterocycles. The highest BCUT2D eigenvalue weighted by Gasteiger charge is 2.16. The third-order valence-corrected chi connectivity index (χ3v) is 7.30. The summed E-state index contributed by atoms with van der Waals surface area (Å²) in [4.78, 5) is 20.4. The van der Waals surface area contributed by atoms with Gasteiger partial charge in [-0.15, -0.1) is 3.89 Å². The Bertz CT molecular complexity index is 1620. The van der Waals surface area contributed by atoms with Gasteiger partial charge in [-0.05, 0) is 65.9 Å². The van der Waals surface area contributed by atoms with E-state index in [0.29, 0.717) is 34.1 Å². The number of rotatable bonds is 8. The first-order valence-corrected chi connectivity index (χ1v) is 13.4. The van der Waals surface area contributed by atoms with Crippen molar-refractivity contribution >= 4 is 51.1 Å². The van der Waals surface area contributed by atoms with Crippen LogP contribution in [0.5, 0.6) is 0 Å². The maximum atomic E-state index is 13.1. The van der Waals surface area contributed by atoms with E-state index in [1.807, 2.05) is 24.3 Å². The molecule has 0 aliphatic rings. The number of aryl methyl sites for hydroxylation is 2. The van der Waals surface area contributed by atoms with Crippen molar-refractivity contribution < 1.29 is 17.1 Å². The predicted octanol–water partition coefficient (Wildman–Crippen LogP) is 4.99. The minimum absolute atomic E-state index is 0.0647. The van der Waals surface area contributed by atoms with Gasteiger partial charge in [0, 0.05) is 17.7 Å². The second-order valence-corrected chi connectivity index (χ2v) is 10.5. The molecule has 0 saturated heterocycles. The van der Waals surface area contributed by atoms with E-state index in [1.54, 1.807) is 18.2 Å². The normalized spacial score (nSPS) is 11.3. The zero-order valence-corrected chi connectivity index (χ0v) is 22.1. The maximum Gasteiger partial charge on any atom is 0.332 e. The molecular formula is C26H22Cl2FN5O3S. The second-order valence-electron chi connectivity index (χ2n) is 8.38. The van der Waals surface area contributed by atoms with Crippen molar-refractivity contribution in [2.45, 2.75) is 24.3 Å². The highest BCUT2D eigenvalue weighted by Crippen LogP contribution is 2.33. The van der Waals surface area contributed by atoms with E-state index in [-0.39, 0.29) is 23.9 Å². The molecule has 0 saturated carbocycles. The number of nitrogen functional groups attached to an aromatic ring is 2. The van der Waals surface area contributed by atoms with Crippen LogP contribution in [0.4, 0.5) is 15.7 Å². The number of carbonyl (C=O) groups is 1. The number of anilines is 2. The predicted molar refractivity (Wildman–Crippen MR) is 146 cm³/mol. The van der Waals surface area contributed by atoms with E-state index in [1.165, 1.54) is 12.1 Å². The number of nitrogens with two attached hydrogens (primary N) is 2. The highest BCUT2D eigenvalue weighted by atomic mass is 35.5. The topological polar surface area (TPSA) is 141 Å². The van der Waals surface area contributed by atoms with Gasteiger partial charge in [-0.2, -0.15) is 13.4 Å². The fraction of sp³-hybridized carbons (Fsp3) is 0.115. The van der Waals surface area contributed by atoms with Crippen molar-refractivity contribution in [3.8, 4) is 11.1 Å². The lowest BCUT2D eigenvalue weighted by atomic mass is 9.99. The second kappa shape index (κ2) is 11.3. The minimum atomic E-state index is -4.82. The Morgan fingerprint density at radius 3 is 2.29 bits per heavy atom. The van der Waals surface area contributed by atoms with Crippen LogP contribution in [0.2, 0.25) is 10.0 Å². The Balaban J connectivity index is 1.46. The van der Waals surface area contributed by atoms with Crippen LogP contribution in [0.15, 0.2) is 71.6 Å². The molecule has 1 amide bonds. The summed E-state index contributed by atoms with van der Waals surface area (Å²) in [5.74, 6) is -0.120. The summed E-state index contributed by atoms with van der Waals surface area (Å²) in [6.45, 7) is 0.234. The van der Waals surface area contributed by atoms with Gasteiger partial charge in [0.25, 0.3) is 5.91 Å².